The second-order valence-corrected chi connectivity index (χ2v) is 10.2. The van der Waals surface area contributed by atoms with Crippen LogP contribution < -0.4 is 4.72 Å². The number of fused-ring (bicyclic) bond motifs is 1. The minimum Gasteiger partial charge on any atom is -0.335 e. The molecule has 144 valence electrons. The average Bonchev–Trinajstić information content (AvgIpc) is 3.23. The van der Waals surface area contributed by atoms with E-state index in [1.165, 1.54) is 37.0 Å². The van der Waals surface area contributed by atoms with Crippen molar-refractivity contribution in [3.8, 4) is 0 Å². The zero-order chi connectivity index (χ0) is 18.9. The number of nitrogens with zero attached hydrogens (tertiary/aromatic N) is 1. The Labute approximate surface area is 164 Å². The van der Waals surface area contributed by atoms with Crippen LogP contribution in [-0.4, -0.2) is 31.8 Å². The van der Waals surface area contributed by atoms with Gasteiger partial charge in [0.1, 0.15) is 4.21 Å². The molecule has 4 rings (SSSR count). The number of anilines is 1. The molecular weight excluding hydrogens is 380 g/mol. The summed E-state index contributed by atoms with van der Waals surface area (Å²) in [6.07, 6.45) is 7.13. The van der Waals surface area contributed by atoms with Crippen molar-refractivity contribution < 1.29 is 13.2 Å². The lowest BCUT2D eigenvalue weighted by Crippen LogP contribution is -2.49. The third-order valence-electron chi connectivity index (χ3n) is 5.65. The molecular formula is C20H24N2O3S2. The zero-order valence-corrected chi connectivity index (χ0v) is 16.8. The van der Waals surface area contributed by atoms with Gasteiger partial charge in [-0.2, -0.15) is 0 Å². The van der Waals surface area contributed by atoms with Gasteiger partial charge in [0.15, 0.2) is 0 Å². The lowest BCUT2D eigenvalue weighted by molar-refractivity contribution is 0.0390. The standard InChI is InChI=1S/C20H24N2O3S2/c23-20(22-13-3-6-15-5-1-2-7-18(15)22)16-9-11-17(12-10-16)21-27(24,25)19-8-4-14-26-19/h4,8-12,14-15,18,21H,1-3,5-7,13H2. The summed E-state index contributed by atoms with van der Waals surface area (Å²) in [6.45, 7) is 0.826. The van der Waals surface area contributed by atoms with E-state index in [0.29, 0.717) is 23.2 Å². The molecule has 2 atom stereocenters. The molecule has 1 saturated carbocycles. The molecule has 5 nitrogen and oxygen atoms in total. The van der Waals surface area contributed by atoms with Crippen molar-refractivity contribution in [1.82, 2.24) is 4.90 Å². The Hall–Kier alpha value is -1.86. The molecule has 0 radical (unpaired) electrons. The van der Waals surface area contributed by atoms with Crippen LogP contribution in [0.5, 0.6) is 0 Å². The molecule has 2 fully saturated rings. The SMILES string of the molecule is O=C(c1ccc(NS(=O)(=O)c2cccs2)cc1)N1CCCC2CCCCC21. The smallest absolute Gasteiger partial charge is 0.271 e. The van der Waals surface area contributed by atoms with E-state index < -0.39 is 10.0 Å². The molecule has 2 aromatic rings. The lowest BCUT2D eigenvalue weighted by Gasteiger charge is -2.44. The van der Waals surface area contributed by atoms with Crippen LogP contribution in [0, 0.1) is 5.92 Å². The first-order valence-corrected chi connectivity index (χ1v) is 11.9. The van der Waals surface area contributed by atoms with E-state index in [2.05, 4.69) is 9.62 Å². The molecule has 1 aliphatic carbocycles. The minimum absolute atomic E-state index is 0.0688. The predicted molar refractivity (Wildman–Crippen MR) is 108 cm³/mol. The van der Waals surface area contributed by atoms with Gasteiger partial charge in [-0.1, -0.05) is 18.9 Å². The third-order valence-corrected chi connectivity index (χ3v) is 8.43. The number of piperidine rings is 1. The van der Waals surface area contributed by atoms with Crippen LogP contribution in [-0.2, 0) is 10.0 Å². The van der Waals surface area contributed by atoms with Crippen LogP contribution in [0.2, 0.25) is 0 Å². The molecule has 2 aliphatic rings. The highest BCUT2D eigenvalue weighted by atomic mass is 32.2. The fraction of sp³-hybridized carbons (Fsp3) is 0.450. The minimum atomic E-state index is -3.57. The molecule has 27 heavy (non-hydrogen) atoms. The number of thiophene rings is 1. The van der Waals surface area contributed by atoms with Gasteiger partial charge in [0, 0.05) is 23.8 Å². The molecule has 1 saturated heterocycles. The zero-order valence-electron chi connectivity index (χ0n) is 15.1. The fourth-order valence-electron chi connectivity index (χ4n) is 4.35. The number of benzene rings is 1. The maximum atomic E-state index is 13.0. The maximum absolute atomic E-state index is 13.0. The van der Waals surface area contributed by atoms with Gasteiger partial charge < -0.3 is 4.90 Å². The molecule has 2 unspecified atom stereocenters. The molecule has 1 N–H and O–H groups in total. The summed E-state index contributed by atoms with van der Waals surface area (Å²) >= 11 is 1.18. The van der Waals surface area contributed by atoms with E-state index in [4.69, 9.17) is 0 Å². The van der Waals surface area contributed by atoms with Gasteiger partial charge in [-0.15, -0.1) is 11.3 Å². The normalized spacial score (nSPS) is 22.9. The van der Waals surface area contributed by atoms with Gasteiger partial charge in [-0.3, -0.25) is 9.52 Å². The summed E-state index contributed by atoms with van der Waals surface area (Å²) in [5.41, 5.74) is 1.09. The maximum Gasteiger partial charge on any atom is 0.271 e. The summed E-state index contributed by atoms with van der Waals surface area (Å²) in [6, 6.07) is 10.4. The number of amides is 1. The van der Waals surface area contributed by atoms with Crippen molar-refractivity contribution in [2.45, 2.75) is 48.8 Å². The van der Waals surface area contributed by atoms with E-state index in [-0.39, 0.29) is 10.1 Å². The Morgan fingerprint density at radius 2 is 1.78 bits per heavy atom. The van der Waals surface area contributed by atoms with E-state index in [1.54, 1.807) is 41.8 Å². The molecule has 2 heterocycles. The van der Waals surface area contributed by atoms with E-state index >= 15 is 0 Å². The second kappa shape index (κ2) is 7.64. The summed E-state index contributed by atoms with van der Waals surface area (Å²) < 4.78 is 27.5. The highest BCUT2D eigenvalue weighted by molar-refractivity contribution is 7.94. The van der Waals surface area contributed by atoms with Gasteiger partial charge >= 0.3 is 0 Å². The first-order chi connectivity index (χ1) is 13.0. The Balaban J connectivity index is 1.48. The van der Waals surface area contributed by atoms with Crippen LogP contribution in [0.4, 0.5) is 5.69 Å². The van der Waals surface area contributed by atoms with Crippen LogP contribution in [0.15, 0.2) is 46.0 Å². The molecule has 0 spiro atoms. The Morgan fingerprint density at radius 3 is 2.52 bits per heavy atom. The second-order valence-electron chi connectivity index (χ2n) is 7.37. The number of hydrogen-bond acceptors (Lipinski definition) is 4. The number of nitrogens with one attached hydrogen (secondary N) is 1. The molecule has 1 aromatic carbocycles. The van der Waals surface area contributed by atoms with Gasteiger partial charge in [0.25, 0.3) is 15.9 Å². The largest absolute Gasteiger partial charge is 0.335 e. The fourth-order valence-corrected chi connectivity index (χ4v) is 6.40. The van der Waals surface area contributed by atoms with Crippen molar-refractivity contribution in [3.63, 3.8) is 0 Å². The number of hydrogen-bond donors (Lipinski definition) is 1. The van der Waals surface area contributed by atoms with Crippen LogP contribution in [0.1, 0.15) is 48.9 Å². The van der Waals surface area contributed by atoms with Gasteiger partial charge in [0.05, 0.1) is 0 Å². The molecule has 7 heteroatoms. The van der Waals surface area contributed by atoms with Crippen molar-refractivity contribution in [2.24, 2.45) is 5.92 Å². The molecule has 1 aromatic heterocycles. The van der Waals surface area contributed by atoms with Crippen molar-refractivity contribution in [2.75, 3.05) is 11.3 Å². The number of carbonyl (C=O) groups excluding carboxylic acids is 1. The van der Waals surface area contributed by atoms with Crippen molar-refractivity contribution >= 4 is 33.0 Å². The lowest BCUT2D eigenvalue weighted by atomic mass is 9.78. The van der Waals surface area contributed by atoms with Crippen molar-refractivity contribution in [3.05, 3.63) is 47.3 Å². The number of sulfonamides is 1. The Bertz CT molecular complexity index is 890. The first kappa shape index (κ1) is 18.5. The van der Waals surface area contributed by atoms with Crippen LogP contribution in [0.3, 0.4) is 0 Å². The van der Waals surface area contributed by atoms with Gasteiger partial charge in [-0.05, 0) is 67.3 Å². The van der Waals surface area contributed by atoms with Gasteiger partial charge in [-0.25, -0.2) is 8.42 Å². The van der Waals surface area contributed by atoms with Crippen LogP contribution >= 0.6 is 11.3 Å². The monoisotopic (exact) mass is 404 g/mol. The summed E-state index contributed by atoms with van der Waals surface area (Å²) in [5.74, 6) is 0.715. The highest BCUT2D eigenvalue weighted by Crippen LogP contribution is 2.36. The summed E-state index contributed by atoms with van der Waals surface area (Å²) in [5, 5.41) is 1.73. The Morgan fingerprint density at radius 1 is 1.04 bits per heavy atom. The van der Waals surface area contributed by atoms with Crippen molar-refractivity contribution in [1.29, 1.82) is 0 Å². The van der Waals surface area contributed by atoms with E-state index in [9.17, 15) is 13.2 Å². The number of carbonyl (C=O) groups is 1. The Kier molecular flexibility index (Phi) is 5.23. The number of likely N-dealkylation sites (tertiary alicyclic amines) is 1. The summed E-state index contributed by atoms with van der Waals surface area (Å²) in [7, 11) is -3.57. The average molecular weight is 405 g/mol. The summed E-state index contributed by atoms with van der Waals surface area (Å²) in [4.78, 5) is 15.1. The number of rotatable bonds is 4. The first-order valence-electron chi connectivity index (χ1n) is 9.52. The topological polar surface area (TPSA) is 66.5 Å². The van der Waals surface area contributed by atoms with E-state index in [1.807, 2.05) is 0 Å². The van der Waals surface area contributed by atoms with E-state index in [0.717, 1.165) is 19.4 Å². The molecule has 0 bridgehead atoms. The third kappa shape index (κ3) is 3.89. The predicted octanol–water partition coefficient (Wildman–Crippen LogP) is 4.34. The highest BCUT2D eigenvalue weighted by Gasteiger charge is 2.35. The molecule has 1 amide bonds. The van der Waals surface area contributed by atoms with Crippen LogP contribution in [0.25, 0.3) is 0 Å². The van der Waals surface area contributed by atoms with Gasteiger partial charge in [0.2, 0.25) is 0 Å². The quantitative estimate of drug-likeness (QED) is 0.824. The molecule has 1 aliphatic heterocycles.